The van der Waals surface area contributed by atoms with Crippen LogP contribution in [0, 0.1) is 6.92 Å². The lowest BCUT2D eigenvalue weighted by Gasteiger charge is -2.11. The van der Waals surface area contributed by atoms with Gasteiger partial charge in [-0.2, -0.15) is 5.10 Å². The van der Waals surface area contributed by atoms with Crippen molar-refractivity contribution < 1.29 is 9.59 Å². The van der Waals surface area contributed by atoms with Crippen LogP contribution in [-0.2, 0) is 4.79 Å². The highest BCUT2D eigenvalue weighted by molar-refractivity contribution is 5.97. The summed E-state index contributed by atoms with van der Waals surface area (Å²) in [6.45, 7) is 5.92. The lowest BCUT2D eigenvalue weighted by Crippen LogP contribution is -2.35. The number of rotatable bonds is 6. The number of nitrogen functional groups attached to an aromatic ring is 1. The molecule has 1 aromatic heterocycles. The molecular weight excluding hydrogens is 246 g/mol. The van der Waals surface area contributed by atoms with E-state index in [1.807, 2.05) is 13.8 Å². The lowest BCUT2D eigenvalue weighted by molar-refractivity contribution is -0.121. The Morgan fingerprint density at radius 2 is 2.16 bits per heavy atom. The van der Waals surface area contributed by atoms with Gasteiger partial charge >= 0.3 is 0 Å². The first-order chi connectivity index (χ1) is 8.95. The molecule has 1 rings (SSSR count). The average molecular weight is 267 g/mol. The van der Waals surface area contributed by atoms with Crippen LogP contribution >= 0.6 is 0 Å². The highest BCUT2D eigenvalue weighted by atomic mass is 16.2. The highest BCUT2D eigenvalue weighted by Crippen LogP contribution is 2.11. The van der Waals surface area contributed by atoms with Crippen molar-refractivity contribution in [2.24, 2.45) is 0 Å². The zero-order chi connectivity index (χ0) is 14.4. The Labute approximate surface area is 112 Å². The first-order valence-corrected chi connectivity index (χ1v) is 6.33. The number of H-pyrrole nitrogens is 1. The van der Waals surface area contributed by atoms with Crippen molar-refractivity contribution in [2.45, 2.75) is 39.7 Å². The minimum atomic E-state index is -0.377. The molecule has 106 valence electrons. The minimum absolute atomic E-state index is 0.0826. The van der Waals surface area contributed by atoms with Crippen LogP contribution in [0.15, 0.2) is 0 Å². The Morgan fingerprint density at radius 3 is 2.68 bits per heavy atom. The molecule has 7 nitrogen and oxygen atoms in total. The molecule has 2 amide bonds. The number of amides is 2. The maximum absolute atomic E-state index is 11.7. The van der Waals surface area contributed by atoms with Gasteiger partial charge < -0.3 is 16.4 Å². The minimum Gasteiger partial charge on any atom is -0.395 e. The summed E-state index contributed by atoms with van der Waals surface area (Å²) in [5.74, 6) is -0.459. The van der Waals surface area contributed by atoms with Gasteiger partial charge in [0.05, 0.1) is 11.4 Å². The van der Waals surface area contributed by atoms with E-state index in [-0.39, 0.29) is 36.5 Å². The number of carbonyl (C=O) groups is 2. The number of hydrogen-bond acceptors (Lipinski definition) is 4. The van der Waals surface area contributed by atoms with E-state index in [1.165, 1.54) is 0 Å². The summed E-state index contributed by atoms with van der Waals surface area (Å²) in [5, 5.41) is 11.9. The molecule has 1 atom stereocenters. The van der Waals surface area contributed by atoms with Crippen LogP contribution in [0.1, 0.15) is 42.9 Å². The van der Waals surface area contributed by atoms with Gasteiger partial charge in [0, 0.05) is 19.0 Å². The van der Waals surface area contributed by atoms with Crippen molar-refractivity contribution in [3.05, 3.63) is 11.4 Å². The Balaban J connectivity index is 2.35. The molecule has 1 aromatic rings. The summed E-state index contributed by atoms with van der Waals surface area (Å²) in [4.78, 5) is 23.2. The van der Waals surface area contributed by atoms with Gasteiger partial charge in [-0.25, -0.2) is 0 Å². The van der Waals surface area contributed by atoms with E-state index in [0.29, 0.717) is 11.4 Å². The van der Waals surface area contributed by atoms with Gasteiger partial charge in [0.1, 0.15) is 0 Å². The maximum Gasteiger partial charge on any atom is 0.273 e. The summed E-state index contributed by atoms with van der Waals surface area (Å²) < 4.78 is 0. The normalized spacial score (nSPS) is 11.9. The molecular formula is C12H21N5O2. The molecule has 0 radical (unpaired) electrons. The third-order valence-electron chi connectivity index (χ3n) is 2.87. The first kappa shape index (κ1) is 15.0. The summed E-state index contributed by atoms with van der Waals surface area (Å²) in [6.07, 6.45) is 1.11. The predicted octanol–water partition coefficient (Wildman–Crippen LogP) is 0.335. The number of aromatic nitrogens is 2. The molecule has 1 unspecified atom stereocenters. The second-order valence-electron chi connectivity index (χ2n) is 4.49. The monoisotopic (exact) mass is 267 g/mol. The molecule has 19 heavy (non-hydrogen) atoms. The predicted molar refractivity (Wildman–Crippen MR) is 72.6 cm³/mol. The summed E-state index contributed by atoms with van der Waals surface area (Å²) in [7, 11) is 0. The number of nitrogens with one attached hydrogen (secondary N) is 3. The molecule has 0 aliphatic heterocycles. The second-order valence-corrected chi connectivity index (χ2v) is 4.49. The zero-order valence-electron chi connectivity index (χ0n) is 11.5. The number of hydrogen-bond donors (Lipinski definition) is 4. The maximum atomic E-state index is 11.7. The van der Waals surface area contributed by atoms with Crippen LogP contribution < -0.4 is 16.4 Å². The van der Waals surface area contributed by atoms with Crippen molar-refractivity contribution in [2.75, 3.05) is 12.3 Å². The molecule has 1 heterocycles. The molecule has 0 saturated heterocycles. The fourth-order valence-electron chi connectivity index (χ4n) is 1.43. The van der Waals surface area contributed by atoms with Gasteiger partial charge in [-0.15, -0.1) is 0 Å². The van der Waals surface area contributed by atoms with Gasteiger partial charge in [-0.1, -0.05) is 6.92 Å². The standard InChI is InChI=1S/C12H21N5O2/c1-4-7(2)15-9(18)5-6-14-12(19)11-10(13)8(3)16-17-11/h7H,4-6,13H2,1-3H3,(H,14,19)(H,15,18)(H,16,17). The Hall–Kier alpha value is -2.05. The number of anilines is 1. The molecule has 0 aliphatic carbocycles. The second kappa shape index (κ2) is 6.77. The van der Waals surface area contributed by atoms with E-state index in [9.17, 15) is 9.59 Å². The van der Waals surface area contributed by atoms with Crippen LogP contribution in [0.5, 0.6) is 0 Å². The van der Waals surface area contributed by atoms with Crippen LogP contribution in [0.4, 0.5) is 5.69 Å². The molecule has 0 bridgehead atoms. The van der Waals surface area contributed by atoms with Gasteiger partial charge in [-0.05, 0) is 20.3 Å². The van der Waals surface area contributed by atoms with E-state index < -0.39 is 0 Å². The highest BCUT2D eigenvalue weighted by Gasteiger charge is 2.15. The molecule has 7 heteroatoms. The van der Waals surface area contributed by atoms with Crippen molar-refractivity contribution in [1.82, 2.24) is 20.8 Å². The third-order valence-corrected chi connectivity index (χ3v) is 2.87. The Morgan fingerprint density at radius 1 is 1.47 bits per heavy atom. The topological polar surface area (TPSA) is 113 Å². The van der Waals surface area contributed by atoms with Crippen LogP contribution in [0.2, 0.25) is 0 Å². The van der Waals surface area contributed by atoms with E-state index in [4.69, 9.17) is 5.73 Å². The SMILES string of the molecule is CCC(C)NC(=O)CCNC(=O)c1n[nH]c(C)c1N. The molecule has 0 fully saturated rings. The quantitative estimate of drug-likeness (QED) is 0.595. The first-order valence-electron chi connectivity index (χ1n) is 6.33. The fourth-order valence-corrected chi connectivity index (χ4v) is 1.43. The van der Waals surface area contributed by atoms with Crippen molar-refractivity contribution >= 4 is 17.5 Å². The van der Waals surface area contributed by atoms with Crippen LogP contribution in [-0.4, -0.2) is 34.6 Å². The summed E-state index contributed by atoms with van der Waals surface area (Å²) >= 11 is 0. The Kier molecular flexibility index (Phi) is 5.35. The molecule has 0 aliphatic rings. The van der Waals surface area contributed by atoms with Gasteiger partial charge in [-0.3, -0.25) is 14.7 Å². The smallest absolute Gasteiger partial charge is 0.273 e. The van der Waals surface area contributed by atoms with Gasteiger partial charge in [0.15, 0.2) is 5.69 Å². The molecule has 0 aromatic carbocycles. The number of nitrogens with two attached hydrogens (primary N) is 1. The van der Waals surface area contributed by atoms with Crippen molar-refractivity contribution in [3.63, 3.8) is 0 Å². The van der Waals surface area contributed by atoms with E-state index >= 15 is 0 Å². The third kappa shape index (κ3) is 4.27. The zero-order valence-corrected chi connectivity index (χ0v) is 11.5. The van der Waals surface area contributed by atoms with Crippen molar-refractivity contribution in [1.29, 1.82) is 0 Å². The largest absolute Gasteiger partial charge is 0.395 e. The molecule has 5 N–H and O–H groups in total. The van der Waals surface area contributed by atoms with Crippen LogP contribution in [0.3, 0.4) is 0 Å². The fraction of sp³-hybridized carbons (Fsp3) is 0.583. The van der Waals surface area contributed by atoms with Crippen LogP contribution in [0.25, 0.3) is 0 Å². The van der Waals surface area contributed by atoms with Gasteiger partial charge in [0.25, 0.3) is 5.91 Å². The Bertz CT molecular complexity index is 455. The lowest BCUT2D eigenvalue weighted by atomic mass is 10.2. The van der Waals surface area contributed by atoms with Gasteiger partial charge in [0.2, 0.25) is 5.91 Å². The summed E-state index contributed by atoms with van der Waals surface area (Å²) in [5.41, 5.74) is 6.84. The van der Waals surface area contributed by atoms with E-state index in [1.54, 1.807) is 6.92 Å². The van der Waals surface area contributed by atoms with Crippen molar-refractivity contribution in [3.8, 4) is 0 Å². The van der Waals surface area contributed by atoms with E-state index in [2.05, 4.69) is 20.8 Å². The molecule has 0 saturated carbocycles. The number of aromatic amines is 1. The molecule has 0 spiro atoms. The average Bonchev–Trinajstić information content (AvgIpc) is 2.69. The van der Waals surface area contributed by atoms with E-state index in [0.717, 1.165) is 6.42 Å². The summed E-state index contributed by atoms with van der Waals surface area (Å²) in [6, 6.07) is 0.146. The number of nitrogens with zero attached hydrogens (tertiary/aromatic N) is 1. The number of carbonyl (C=O) groups excluding carboxylic acids is 2. The number of aryl methyl sites for hydroxylation is 1.